The fourth-order valence-electron chi connectivity index (χ4n) is 6.60. The van der Waals surface area contributed by atoms with Crippen LogP contribution >= 0.6 is 0 Å². The van der Waals surface area contributed by atoms with E-state index in [9.17, 15) is 19.5 Å². The number of aryl methyl sites for hydroxylation is 5. The molecule has 0 saturated heterocycles. The Labute approximate surface area is 283 Å². The molecular weight excluding hydrogens is 602 g/mol. The van der Waals surface area contributed by atoms with Crippen LogP contribution in [0.15, 0.2) is 47.5 Å². The number of nitrogens with one attached hydrogen (secondary N) is 2. The number of nitrogens with two attached hydrogens (primary N) is 1. The molecule has 0 atom stereocenters. The second-order valence-electron chi connectivity index (χ2n) is 13.4. The SMILES string of the molecule is CCCc1cc(C(=O)O)c2c(C)cn(C(C)C)c2c1.Cc1cc(C)c(CNC(=O)c2cc(CCN)cc3c2c(C)cn3C(C)C)c(=O)[nH]1. The van der Waals surface area contributed by atoms with Crippen LogP contribution in [-0.2, 0) is 19.4 Å². The zero-order valence-electron chi connectivity index (χ0n) is 29.9. The number of pyridine rings is 1. The topological polar surface area (TPSA) is 135 Å². The molecule has 9 heteroatoms. The Morgan fingerprint density at radius 1 is 0.812 bits per heavy atom. The lowest BCUT2D eigenvalue weighted by molar-refractivity contribution is 0.0698. The Kier molecular flexibility index (Phi) is 11.4. The number of H-pyrrole nitrogens is 1. The first-order chi connectivity index (χ1) is 22.7. The Morgan fingerprint density at radius 3 is 1.81 bits per heavy atom. The van der Waals surface area contributed by atoms with Crippen molar-refractivity contribution < 1.29 is 14.7 Å². The number of aromatic nitrogens is 3. The standard InChI is InChI=1S/C23H30N4O2.C16H21NO2/c1-13(2)27-12-15(4)21-18(9-17(6-7-24)10-20(21)27)22(28)25-11-19-14(3)8-16(5)26-23(19)29;1-5-6-12-7-13(16(18)19)15-11(4)9-17(10(2)3)14(15)8-12/h8-10,12-13H,6-7,11,24H2,1-5H3,(H,25,28)(H,26,29);7-10H,5-6H2,1-4H3,(H,18,19). The van der Waals surface area contributed by atoms with Gasteiger partial charge in [0.05, 0.1) is 5.56 Å². The van der Waals surface area contributed by atoms with E-state index in [1.807, 2.05) is 45.9 Å². The summed E-state index contributed by atoms with van der Waals surface area (Å²) in [5, 5.41) is 14.2. The minimum Gasteiger partial charge on any atom is -0.478 e. The molecule has 48 heavy (non-hydrogen) atoms. The van der Waals surface area contributed by atoms with Crippen LogP contribution in [0.3, 0.4) is 0 Å². The fraction of sp³-hybridized carbons (Fsp3) is 0.410. The third-order valence-corrected chi connectivity index (χ3v) is 8.84. The quantitative estimate of drug-likeness (QED) is 0.124. The number of carbonyl (C=O) groups excluding carboxylic acids is 1. The summed E-state index contributed by atoms with van der Waals surface area (Å²) < 4.78 is 4.35. The summed E-state index contributed by atoms with van der Waals surface area (Å²) in [5.41, 5.74) is 15.2. The van der Waals surface area contributed by atoms with E-state index >= 15 is 0 Å². The number of carboxylic acid groups (broad SMARTS) is 1. The maximum absolute atomic E-state index is 13.1. The van der Waals surface area contributed by atoms with Gasteiger partial charge in [0.1, 0.15) is 0 Å². The Morgan fingerprint density at radius 2 is 1.33 bits per heavy atom. The predicted molar refractivity (Wildman–Crippen MR) is 196 cm³/mol. The number of rotatable bonds is 10. The molecule has 3 aromatic heterocycles. The van der Waals surface area contributed by atoms with Crippen molar-refractivity contribution in [2.24, 2.45) is 5.73 Å². The van der Waals surface area contributed by atoms with E-state index in [4.69, 9.17) is 5.73 Å². The Bertz CT molecular complexity index is 2030. The van der Waals surface area contributed by atoms with Crippen LogP contribution in [0.25, 0.3) is 21.8 Å². The second-order valence-corrected chi connectivity index (χ2v) is 13.4. The minimum absolute atomic E-state index is 0.160. The van der Waals surface area contributed by atoms with Crippen molar-refractivity contribution in [3.8, 4) is 0 Å². The molecule has 0 spiro atoms. The van der Waals surface area contributed by atoms with E-state index < -0.39 is 5.97 Å². The third-order valence-electron chi connectivity index (χ3n) is 8.84. The number of amides is 1. The third kappa shape index (κ3) is 7.57. The van der Waals surface area contributed by atoms with E-state index in [1.54, 1.807) is 0 Å². The summed E-state index contributed by atoms with van der Waals surface area (Å²) in [5.74, 6) is -1.02. The van der Waals surface area contributed by atoms with Crippen LogP contribution in [0, 0.1) is 27.7 Å². The first-order valence-corrected chi connectivity index (χ1v) is 16.9. The molecule has 9 nitrogen and oxygen atoms in total. The number of benzene rings is 2. The molecule has 0 fully saturated rings. The molecule has 0 radical (unpaired) electrons. The molecule has 0 saturated carbocycles. The molecule has 1 amide bonds. The van der Waals surface area contributed by atoms with Gasteiger partial charge < -0.3 is 30.3 Å². The van der Waals surface area contributed by atoms with Crippen LogP contribution in [0.1, 0.15) is 113 Å². The molecule has 0 aliphatic carbocycles. The van der Waals surface area contributed by atoms with Crippen LogP contribution in [0.4, 0.5) is 0 Å². The smallest absolute Gasteiger partial charge is 0.336 e. The van der Waals surface area contributed by atoms with Gasteiger partial charge in [-0.3, -0.25) is 9.59 Å². The number of fused-ring (bicyclic) bond motifs is 2. The number of aromatic carboxylic acids is 1. The van der Waals surface area contributed by atoms with Gasteiger partial charge in [0, 0.05) is 69.6 Å². The number of hydrogen-bond acceptors (Lipinski definition) is 4. The highest BCUT2D eigenvalue weighted by Crippen LogP contribution is 2.31. The van der Waals surface area contributed by atoms with Gasteiger partial charge in [-0.05, 0) is 133 Å². The number of hydrogen-bond donors (Lipinski definition) is 4. The van der Waals surface area contributed by atoms with Crippen molar-refractivity contribution in [1.82, 2.24) is 19.4 Å². The first kappa shape index (κ1) is 36.2. The van der Waals surface area contributed by atoms with Crippen LogP contribution in [0.2, 0.25) is 0 Å². The maximum atomic E-state index is 13.1. The molecule has 256 valence electrons. The monoisotopic (exact) mass is 653 g/mol. The molecule has 0 unspecified atom stereocenters. The first-order valence-electron chi connectivity index (χ1n) is 16.9. The van der Waals surface area contributed by atoms with Crippen LogP contribution in [-0.4, -0.2) is 37.6 Å². The molecular formula is C39H51N5O4. The van der Waals surface area contributed by atoms with Gasteiger partial charge in [0.15, 0.2) is 0 Å². The zero-order valence-corrected chi connectivity index (χ0v) is 29.9. The highest BCUT2D eigenvalue weighted by atomic mass is 16.4. The average molecular weight is 654 g/mol. The van der Waals surface area contributed by atoms with E-state index in [1.165, 1.54) is 0 Å². The van der Waals surface area contributed by atoms with Crippen molar-refractivity contribution in [2.75, 3.05) is 6.54 Å². The summed E-state index contributed by atoms with van der Waals surface area (Å²) in [6.07, 6.45) is 6.78. The summed E-state index contributed by atoms with van der Waals surface area (Å²) in [7, 11) is 0. The summed E-state index contributed by atoms with van der Waals surface area (Å²) >= 11 is 0. The minimum atomic E-state index is -0.840. The lowest BCUT2D eigenvalue weighted by Gasteiger charge is -2.13. The van der Waals surface area contributed by atoms with Gasteiger partial charge >= 0.3 is 5.97 Å². The van der Waals surface area contributed by atoms with E-state index in [-0.39, 0.29) is 24.1 Å². The van der Waals surface area contributed by atoms with Crippen LogP contribution in [0.5, 0.6) is 0 Å². The number of aromatic amines is 1. The van der Waals surface area contributed by atoms with E-state index in [2.05, 4.69) is 78.6 Å². The highest BCUT2D eigenvalue weighted by molar-refractivity contribution is 6.08. The van der Waals surface area contributed by atoms with Crippen molar-refractivity contribution in [1.29, 1.82) is 0 Å². The molecule has 5 N–H and O–H groups in total. The van der Waals surface area contributed by atoms with Gasteiger partial charge in [-0.1, -0.05) is 13.3 Å². The van der Waals surface area contributed by atoms with Gasteiger partial charge in [-0.2, -0.15) is 0 Å². The predicted octanol–water partition coefficient (Wildman–Crippen LogP) is 7.45. The average Bonchev–Trinajstić information content (AvgIpc) is 3.53. The summed E-state index contributed by atoms with van der Waals surface area (Å²) in [6.45, 7) is 19.0. The van der Waals surface area contributed by atoms with Crippen molar-refractivity contribution in [3.63, 3.8) is 0 Å². The largest absolute Gasteiger partial charge is 0.478 e. The number of carboxylic acids is 1. The molecule has 0 aliphatic heterocycles. The molecule has 2 aromatic carbocycles. The number of nitrogens with zero attached hydrogens (tertiary/aromatic N) is 2. The Hall–Kier alpha value is -4.63. The normalized spacial score (nSPS) is 11.4. The van der Waals surface area contributed by atoms with Gasteiger partial charge in [0.2, 0.25) is 0 Å². The molecule has 5 rings (SSSR count). The summed E-state index contributed by atoms with van der Waals surface area (Å²) in [4.78, 5) is 39.7. The van der Waals surface area contributed by atoms with E-state index in [0.29, 0.717) is 35.7 Å². The summed E-state index contributed by atoms with van der Waals surface area (Å²) in [6, 6.07) is 10.5. The van der Waals surface area contributed by atoms with E-state index in [0.717, 1.165) is 68.2 Å². The lowest BCUT2D eigenvalue weighted by atomic mass is 10.0. The molecule has 0 bridgehead atoms. The van der Waals surface area contributed by atoms with Crippen molar-refractivity contribution in [2.45, 2.75) is 100 Å². The molecule has 3 heterocycles. The lowest BCUT2D eigenvalue weighted by Crippen LogP contribution is -2.28. The Balaban J connectivity index is 0.000000237. The van der Waals surface area contributed by atoms with Crippen molar-refractivity contribution in [3.05, 3.63) is 103 Å². The molecule has 5 aromatic rings. The molecule has 0 aliphatic rings. The highest BCUT2D eigenvalue weighted by Gasteiger charge is 2.19. The second kappa shape index (κ2) is 15.1. The van der Waals surface area contributed by atoms with Gasteiger partial charge in [-0.15, -0.1) is 0 Å². The van der Waals surface area contributed by atoms with Gasteiger partial charge in [0.25, 0.3) is 11.5 Å². The zero-order chi connectivity index (χ0) is 35.4. The maximum Gasteiger partial charge on any atom is 0.336 e. The number of carbonyl (C=O) groups is 2. The van der Waals surface area contributed by atoms with Crippen LogP contribution < -0.4 is 16.6 Å². The van der Waals surface area contributed by atoms with Gasteiger partial charge in [-0.25, -0.2) is 4.79 Å². The van der Waals surface area contributed by atoms with Crippen molar-refractivity contribution >= 4 is 33.7 Å². The fourth-order valence-corrected chi connectivity index (χ4v) is 6.60.